The first-order valence-electron chi connectivity index (χ1n) is 10.2. The van der Waals surface area contributed by atoms with Crippen LogP contribution in [0.25, 0.3) is 0 Å². The highest BCUT2D eigenvalue weighted by molar-refractivity contribution is 7.80. The van der Waals surface area contributed by atoms with Crippen LogP contribution in [0.15, 0.2) is 85.1 Å². The molecule has 5 nitrogen and oxygen atoms in total. The van der Waals surface area contributed by atoms with E-state index in [4.69, 9.17) is 0 Å². The number of amides is 1. The lowest BCUT2D eigenvalue weighted by Gasteiger charge is -2.31. The number of carbonyl (C=O) groups excluding carboxylic acids is 1. The Balaban J connectivity index is 2.22. The zero-order valence-electron chi connectivity index (χ0n) is 17.3. The SMILES string of the molecule is CCN(CC)C(=O)[C@@H](Cc1cccc[n+]1[O-])P(=O)(c1ccccc1)c1ccccc1. The van der Waals surface area contributed by atoms with Gasteiger partial charge in [-0.05, 0) is 13.8 Å². The molecule has 3 rings (SSSR count). The van der Waals surface area contributed by atoms with Crippen LogP contribution >= 0.6 is 7.14 Å². The third-order valence-corrected chi connectivity index (χ3v) is 8.80. The molecule has 1 atom stereocenters. The minimum absolute atomic E-state index is 0.0980. The van der Waals surface area contributed by atoms with Crippen molar-refractivity contribution in [1.29, 1.82) is 0 Å². The number of nitrogens with zero attached hydrogens (tertiary/aromatic N) is 2. The smallest absolute Gasteiger partial charge is 0.234 e. The number of aromatic nitrogens is 1. The van der Waals surface area contributed by atoms with Crippen LogP contribution in [0.3, 0.4) is 0 Å². The van der Waals surface area contributed by atoms with Gasteiger partial charge in [0, 0.05) is 35.8 Å². The van der Waals surface area contributed by atoms with E-state index in [0.29, 0.717) is 29.4 Å². The van der Waals surface area contributed by atoms with Crippen molar-refractivity contribution in [3.63, 3.8) is 0 Å². The molecule has 0 saturated heterocycles. The largest absolute Gasteiger partial charge is 0.619 e. The van der Waals surface area contributed by atoms with Gasteiger partial charge < -0.3 is 14.7 Å². The number of pyridine rings is 1. The van der Waals surface area contributed by atoms with E-state index >= 15 is 0 Å². The summed E-state index contributed by atoms with van der Waals surface area (Å²) in [5.74, 6) is -0.195. The Morgan fingerprint density at radius 1 is 0.900 bits per heavy atom. The zero-order valence-corrected chi connectivity index (χ0v) is 18.2. The molecule has 3 aromatic rings. The van der Waals surface area contributed by atoms with Gasteiger partial charge in [0.1, 0.15) is 5.66 Å². The highest BCUT2D eigenvalue weighted by atomic mass is 31.2. The van der Waals surface area contributed by atoms with Crippen LogP contribution in [-0.2, 0) is 15.8 Å². The van der Waals surface area contributed by atoms with Crippen LogP contribution in [-0.4, -0.2) is 29.6 Å². The topological polar surface area (TPSA) is 64.3 Å². The van der Waals surface area contributed by atoms with E-state index in [9.17, 15) is 14.6 Å². The summed E-state index contributed by atoms with van der Waals surface area (Å²) in [6.45, 7) is 4.85. The Morgan fingerprint density at radius 3 is 1.87 bits per heavy atom. The fraction of sp³-hybridized carbons (Fsp3) is 0.250. The highest BCUT2D eigenvalue weighted by Crippen LogP contribution is 2.50. The third kappa shape index (κ3) is 4.31. The lowest BCUT2D eigenvalue weighted by atomic mass is 10.2. The van der Waals surface area contributed by atoms with Crippen LogP contribution in [0.2, 0.25) is 0 Å². The fourth-order valence-electron chi connectivity index (χ4n) is 3.75. The molecule has 0 radical (unpaired) electrons. The predicted molar refractivity (Wildman–Crippen MR) is 121 cm³/mol. The average Bonchev–Trinajstić information content (AvgIpc) is 2.80. The molecule has 0 aliphatic heterocycles. The van der Waals surface area contributed by atoms with Gasteiger partial charge in [-0.3, -0.25) is 4.79 Å². The lowest BCUT2D eigenvalue weighted by Crippen LogP contribution is -2.45. The molecule has 0 N–H and O–H groups in total. The van der Waals surface area contributed by atoms with Crippen molar-refractivity contribution in [2.45, 2.75) is 25.9 Å². The average molecular weight is 422 g/mol. The number of hydrogen-bond acceptors (Lipinski definition) is 3. The van der Waals surface area contributed by atoms with Crippen molar-refractivity contribution in [2.24, 2.45) is 0 Å². The van der Waals surface area contributed by atoms with Crippen LogP contribution < -0.4 is 15.3 Å². The van der Waals surface area contributed by atoms with Crippen molar-refractivity contribution in [2.75, 3.05) is 13.1 Å². The van der Waals surface area contributed by atoms with Crippen LogP contribution in [0.1, 0.15) is 19.5 Å². The molecular weight excluding hydrogens is 395 g/mol. The molecule has 0 bridgehead atoms. The maximum absolute atomic E-state index is 14.9. The Morgan fingerprint density at radius 2 is 1.40 bits per heavy atom. The summed E-state index contributed by atoms with van der Waals surface area (Å²) >= 11 is 0. The standard InChI is InChI=1S/C24H27N2O3P/c1-3-25(4-2)24(27)23(19-20-13-11-12-18-26(20)28)30(29,21-14-7-5-8-15-21)22-16-9-6-10-17-22/h5-18,23H,3-4,19H2,1-2H3/t23-/m1/s1. The molecule has 1 heterocycles. The second kappa shape index (κ2) is 9.73. The lowest BCUT2D eigenvalue weighted by molar-refractivity contribution is -0.613. The molecule has 1 amide bonds. The maximum atomic E-state index is 14.9. The zero-order chi connectivity index (χ0) is 21.6. The van der Waals surface area contributed by atoms with Gasteiger partial charge in [-0.1, -0.05) is 66.7 Å². The van der Waals surface area contributed by atoms with E-state index in [2.05, 4.69) is 0 Å². The monoisotopic (exact) mass is 422 g/mol. The quantitative estimate of drug-likeness (QED) is 0.318. The summed E-state index contributed by atoms with van der Waals surface area (Å²) < 4.78 is 15.6. The first kappa shape index (κ1) is 21.8. The Kier molecular flexibility index (Phi) is 7.07. The first-order chi connectivity index (χ1) is 14.5. The van der Waals surface area contributed by atoms with E-state index in [-0.39, 0.29) is 12.3 Å². The predicted octanol–water partition coefficient (Wildman–Crippen LogP) is 3.11. The van der Waals surface area contributed by atoms with Crippen molar-refractivity contribution in [3.05, 3.63) is 96.0 Å². The van der Waals surface area contributed by atoms with Gasteiger partial charge in [0.2, 0.25) is 5.91 Å². The fourth-order valence-corrected chi connectivity index (χ4v) is 6.91. The molecule has 0 spiro atoms. The summed E-state index contributed by atoms with van der Waals surface area (Å²) in [5.41, 5.74) is -0.445. The minimum Gasteiger partial charge on any atom is -0.619 e. The maximum Gasteiger partial charge on any atom is 0.234 e. The summed E-state index contributed by atoms with van der Waals surface area (Å²) in [5, 5.41) is 13.6. The molecule has 0 aliphatic carbocycles. The first-order valence-corrected chi connectivity index (χ1v) is 12.0. The number of rotatable bonds is 8. The van der Waals surface area contributed by atoms with Gasteiger partial charge in [0.15, 0.2) is 19.0 Å². The molecule has 0 fully saturated rings. The number of carbonyl (C=O) groups is 1. The van der Waals surface area contributed by atoms with Crippen molar-refractivity contribution < 1.29 is 14.1 Å². The second-order valence-electron chi connectivity index (χ2n) is 7.08. The van der Waals surface area contributed by atoms with Gasteiger partial charge in [-0.15, -0.1) is 0 Å². The Labute approximate surface area is 177 Å². The molecule has 156 valence electrons. The minimum atomic E-state index is -3.40. The van der Waals surface area contributed by atoms with Gasteiger partial charge in [-0.25, -0.2) is 0 Å². The Hall–Kier alpha value is -2.91. The van der Waals surface area contributed by atoms with Crippen molar-refractivity contribution in [1.82, 2.24) is 4.90 Å². The number of benzene rings is 2. The normalized spacial score (nSPS) is 12.3. The molecule has 0 aliphatic rings. The second-order valence-corrected chi connectivity index (χ2v) is 10.0. The Bertz CT molecular complexity index is 977. The van der Waals surface area contributed by atoms with Crippen LogP contribution in [0, 0.1) is 5.21 Å². The summed E-state index contributed by atoms with van der Waals surface area (Å²) in [6.07, 6.45) is 1.50. The summed E-state index contributed by atoms with van der Waals surface area (Å²) in [6, 6.07) is 23.4. The molecule has 0 saturated carbocycles. The number of hydrogen-bond donors (Lipinski definition) is 0. The molecule has 1 aromatic heterocycles. The van der Waals surface area contributed by atoms with Crippen molar-refractivity contribution >= 4 is 23.7 Å². The van der Waals surface area contributed by atoms with Crippen LogP contribution in [0.5, 0.6) is 0 Å². The summed E-state index contributed by atoms with van der Waals surface area (Å²) in [7, 11) is -3.40. The van der Waals surface area contributed by atoms with E-state index in [1.807, 2.05) is 74.5 Å². The molecule has 30 heavy (non-hydrogen) atoms. The summed E-state index contributed by atoms with van der Waals surface area (Å²) in [4.78, 5) is 15.4. The van der Waals surface area contributed by atoms with Gasteiger partial charge in [0.05, 0.1) is 6.42 Å². The van der Waals surface area contributed by atoms with E-state index in [1.54, 1.807) is 23.1 Å². The third-order valence-electron chi connectivity index (χ3n) is 5.39. The van der Waals surface area contributed by atoms with Gasteiger partial charge >= 0.3 is 0 Å². The molecule has 2 aromatic carbocycles. The van der Waals surface area contributed by atoms with Crippen LogP contribution in [0.4, 0.5) is 0 Å². The highest BCUT2D eigenvalue weighted by Gasteiger charge is 2.44. The molecular formula is C24H27N2O3P. The van der Waals surface area contributed by atoms with Gasteiger partial charge in [-0.2, -0.15) is 4.73 Å². The van der Waals surface area contributed by atoms with E-state index in [1.165, 1.54) is 6.20 Å². The molecule has 0 unspecified atom stereocenters. The van der Waals surface area contributed by atoms with E-state index in [0.717, 1.165) is 4.73 Å². The molecule has 6 heteroatoms. The van der Waals surface area contributed by atoms with Crippen molar-refractivity contribution in [3.8, 4) is 0 Å². The van der Waals surface area contributed by atoms with Gasteiger partial charge in [0.25, 0.3) is 0 Å². The van der Waals surface area contributed by atoms with E-state index < -0.39 is 12.8 Å².